The molecule has 0 radical (unpaired) electrons. The highest BCUT2D eigenvalue weighted by atomic mass is 19.1. The van der Waals surface area contributed by atoms with Crippen molar-refractivity contribution in [3.05, 3.63) is 78.3 Å². The standard InChI is InChI=1S/C24H24FNO2/c1-5-26-22(16(3)4)20(17-10-8-7-9-11-17)21(24(27)28-6-2)23(26)18-12-14-19(25)15-13-18/h7-15H,3,5-6H2,1-2,4H3. The Morgan fingerprint density at radius 1 is 1.04 bits per heavy atom. The summed E-state index contributed by atoms with van der Waals surface area (Å²) in [5.41, 5.74) is 5.41. The van der Waals surface area contributed by atoms with Gasteiger partial charge in [-0.15, -0.1) is 0 Å². The van der Waals surface area contributed by atoms with Gasteiger partial charge in [-0.1, -0.05) is 36.9 Å². The fraction of sp³-hybridized carbons (Fsp3) is 0.208. The number of hydrogen-bond acceptors (Lipinski definition) is 2. The van der Waals surface area contributed by atoms with Gasteiger partial charge in [0.15, 0.2) is 0 Å². The number of allylic oxidation sites excluding steroid dienone is 1. The Labute approximate surface area is 165 Å². The topological polar surface area (TPSA) is 31.2 Å². The second kappa shape index (κ2) is 8.26. The molecule has 0 atom stereocenters. The monoisotopic (exact) mass is 377 g/mol. The van der Waals surface area contributed by atoms with Gasteiger partial charge in [0.05, 0.1) is 23.6 Å². The number of aromatic nitrogens is 1. The second-order valence-electron chi connectivity index (χ2n) is 6.57. The largest absolute Gasteiger partial charge is 0.462 e. The molecule has 0 N–H and O–H groups in total. The summed E-state index contributed by atoms with van der Waals surface area (Å²) >= 11 is 0. The molecule has 0 saturated carbocycles. The second-order valence-corrected chi connectivity index (χ2v) is 6.57. The summed E-state index contributed by atoms with van der Waals surface area (Å²) in [5, 5.41) is 0. The van der Waals surface area contributed by atoms with Gasteiger partial charge in [0.2, 0.25) is 0 Å². The molecule has 2 aromatic carbocycles. The van der Waals surface area contributed by atoms with E-state index in [-0.39, 0.29) is 12.4 Å². The minimum atomic E-state index is -0.393. The molecule has 0 aliphatic heterocycles. The normalized spacial score (nSPS) is 10.7. The lowest BCUT2D eigenvalue weighted by molar-refractivity contribution is 0.0528. The molecule has 144 valence electrons. The van der Waals surface area contributed by atoms with Crippen LogP contribution >= 0.6 is 0 Å². The Morgan fingerprint density at radius 3 is 2.21 bits per heavy atom. The summed E-state index contributed by atoms with van der Waals surface area (Å²) in [7, 11) is 0. The molecule has 4 heteroatoms. The van der Waals surface area contributed by atoms with Crippen LogP contribution in [-0.2, 0) is 11.3 Å². The van der Waals surface area contributed by atoms with Gasteiger partial charge in [-0.25, -0.2) is 9.18 Å². The van der Waals surface area contributed by atoms with Crippen molar-refractivity contribution in [2.45, 2.75) is 27.3 Å². The summed E-state index contributed by atoms with van der Waals surface area (Å²) < 4.78 is 21.0. The molecule has 0 amide bonds. The van der Waals surface area contributed by atoms with Crippen molar-refractivity contribution >= 4 is 11.5 Å². The maximum Gasteiger partial charge on any atom is 0.340 e. The van der Waals surface area contributed by atoms with Gasteiger partial charge in [0.1, 0.15) is 5.82 Å². The van der Waals surface area contributed by atoms with Crippen molar-refractivity contribution in [2.75, 3.05) is 6.61 Å². The molecule has 0 fully saturated rings. The maximum atomic E-state index is 13.5. The number of ether oxygens (including phenoxy) is 1. The zero-order valence-electron chi connectivity index (χ0n) is 16.5. The first-order chi connectivity index (χ1) is 13.5. The minimum absolute atomic E-state index is 0.273. The lowest BCUT2D eigenvalue weighted by Crippen LogP contribution is -2.08. The van der Waals surface area contributed by atoms with Crippen LogP contribution in [0.4, 0.5) is 4.39 Å². The Bertz CT molecular complexity index is 1000. The molecule has 0 spiro atoms. The van der Waals surface area contributed by atoms with Crippen LogP contribution in [0.25, 0.3) is 28.0 Å². The SMILES string of the molecule is C=C(C)c1c(-c2ccccc2)c(C(=O)OCC)c(-c2ccc(F)cc2)n1CC. The first-order valence-corrected chi connectivity index (χ1v) is 9.40. The van der Waals surface area contributed by atoms with Gasteiger partial charge in [0.25, 0.3) is 0 Å². The zero-order valence-corrected chi connectivity index (χ0v) is 16.5. The van der Waals surface area contributed by atoms with E-state index >= 15 is 0 Å². The molecule has 0 saturated heterocycles. The van der Waals surface area contributed by atoms with Crippen molar-refractivity contribution in [1.82, 2.24) is 4.57 Å². The van der Waals surface area contributed by atoms with Crippen LogP contribution in [0.3, 0.4) is 0 Å². The Hall–Kier alpha value is -3.14. The van der Waals surface area contributed by atoms with E-state index in [1.54, 1.807) is 19.1 Å². The molecule has 0 bridgehead atoms. The highest BCUT2D eigenvalue weighted by Crippen LogP contribution is 2.41. The van der Waals surface area contributed by atoms with Crippen molar-refractivity contribution < 1.29 is 13.9 Å². The summed E-state index contributed by atoms with van der Waals surface area (Å²) in [6.45, 7) is 10.8. The molecule has 28 heavy (non-hydrogen) atoms. The van der Waals surface area contributed by atoms with Crippen LogP contribution in [-0.4, -0.2) is 17.1 Å². The number of esters is 1. The van der Waals surface area contributed by atoms with Gasteiger partial charge in [-0.3, -0.25) is 0 Å². The van der Waals surface area contributed by atoms with Gasteiger partial charge in [-0.2, -0.15) is 0 Å². The van der Waals surface area contributed by atoms with E-state index in [4.69, 9.17) is 4.74 Å². The fourth-order valence-corrected chi connectivity index (χ4v) is 3.57. The van der Waals surface area contributed by atoms with Crippen molar-refractivity contribution in [3.63, 3.8) is 0 Å². The summed E-state index contributed by atoms with van der Waals surface area (Å²) in [6, 6.07) is 15.9. The highest BCUT2D eigenvalue weighted by Gasteiger charge is 2.29. The van der Waals surface area contributed by atoms with Crippen LogP contribution in [0, 0.1) is 5.82 Å². The lowest BCUT2D eigenvalue weighted by atomic mass is 9.96. The number of carbonyl (C=O) groups is 1. The minimum Gasteiger partial charge on any atom is -0.462 e. The molecule has 0 aliphatic rings. The summed E-state index contributed by atoms with van der Waals surface area (Å²) in [6.07, 6.45) is 0. The van der Waals surface area contributed by atoms with Crippen LogP contribution in [0.5, 0.6) is 0 Å². The Kier molecular flexibility index (Phi) is 5.78. The smallest absolute Gasteiger partial charge is 0.340 e. The van der Waals surface area contributed by atoms with Crippen LogP contribution in [0.15, 0.2) is 61.2 Å². The van der Waals surface area contributed by atoms with Crippen molar-refractivity contribution in [2.24, 2.45) is 0 Å². The average Bonchev–Trinajstić information content (AvgIpc) is 3.05. The average molecular weight is 377 g/mol. The fourth-order valence-electron chi connectivity index (χ4n) is 3.57. The number of benzene rings is 2. The van der Waals surface area contributed by atoms with Gasteiger partial charge < -0.3 is 9.30 Å². The van der Waals surface area contributed by atoms with E-state index in [0.717, 1.165) is 33.7 Å². The molecule has 1 heterocycles. The van der Waals surface area contributed by atoms with Gasteiger partial charge in [0, 0.05) is 12.1 Å². The molecule has 1 aromatic heterocycles. The summed E-state index contributed by atoms with van der Waals surface area (Å²) in [4.78, 5) is 13.1. The first-order valence-electron chi connectivity index (χ1n) is 9.40. The third-order valence-corrected chi connectivity index (χ3v) is 4.64. The third-order valence-electron chi connectivity index (χ3n) is 4.64. The van der Waals surface area contributed by atoms with E-state index in [1.165, 1.54) is 12.1 Å². The zero-order chi connectivity index (χ0) is 20.3. The van der Waals surface area contributed by atoms with E-state index < -0.39 is 5.97 Å². The van der Waals surface area contributed by atoms with Gasteiger partial charge in [-0.05, 0) is 61.7 Å². The van der Waals surface area contributed by atoms with Crippen molar-refractivity contribution in [3.8, 4) is 22.4 Å². The number of nitrogens with zero attached hydrogens (tertiary/aromatic N) is 1. The van der Waals surface area contributed by atoms with Crippen LogP contribution in [0.2, 0.25) is 0 Å². The lowest BCUT2D eigenvalue weighted by Gasteiger charge is -2.12. The van der Waals surface area contributed by atoms with E-state index in [0.29, 0.717) is 12.1 Å². The third kappa shape index (κ3) is 3.50. The quantitative estimate of drug-likeness (QED) is 0.480. The van der Waals surface area contributed by atoms with Gasteiger partial charge >= 0.3 is 5.97 Å². The number of hydrogen-bond donors (Lipinski definition) is 0. The first kappa shape index (κ1) is 19.6. The molecule has 3 rings (SSSR count). The van der Waals surface area contributed by atoms with Crippen LogP contribution < -0.4 is 0 Å². The molecule has 0 aliphatic carbocycles. The molecule has 0 unspecified atom stereocenters. The number of halogens is 1. The number of carbonyl (C=O) groups excluding carboxylic acids is 1. The predicted molar refractivity (Wildman–Crippen MR) is 112 cm³/mol. The Morgan fingerprint density at radius 2 is 1.68 bits per heavy atom. The van der Waals surface area contributed by atoms with E-state index in [9.17, 15) is 9.18 Å². The number of rotatable bonds is 6. The molecular formula is C24H24FNO2. The van der Waals surface area contributed by atoms with E-state index in [1.807, 2.05) is 44.2 Å². The highest BCUT2D eigenvalue weighted by molar-refractivity contribution is 6.06. The Balaban J connectivity index is 2.45. The van der Waals surface area contributed by atoms with Crippen molar-refractivity contribution in [1.29, 1.82) is 0 Å². The summed E-state index contributed by atoms with van der Waals surface area (Å²) in [5.74, 6) is -0.713. The maximum absolute atomic E-state index is 13.5. The van der Waals surface area contributed by atoms with E-state index in [2.05, 4.69) is 11.1 Å². The molecule has 3 aromatic rings. The van der Waals surface area contributed by atoms with Crippen LogP contribution in [0.1, 0.15) is 36.8 Å². The molecule has 3 nitrogen and oxygen atoms in total. The predicted octanol–water partition coefficient (Wildman–Crippen LogP) is 6.19. The molecular weight excluding hydrogens is 353 g/mol.